The molecule has 0 unspecified atom stereocenters. The Balaban J connectivity index is 1.54. The normalized spacial score (nSPS) is 31.7. The van der Waals surface area contributed by atoms with Crippen molar-refractivity contribution in [1.82, 2.24) is 20.3 Å². The lowest BCUT2D eigenvalue weighted by atomic mass is 9.74. The van der Waals surface area contributed by atoms with Gasteiger partial charge in [0, 0.05) is 49.5 Å². The predicted octanol–water partition coefficient (Wildman–Crippen LogP) is 2.21. The van der Waals surface area contributed by atoms with Crippen LogP contribution in [0.4, 0.5) is 0 Å². The highest BCUT2D eigenvalue weighted by Gasteiger charge is 2.41. The molecule has 0 spiro atoms. The van der Waals surface area contributed by atoms with E-state index in [1.165, 1.54) is 25.7 Å². The number of nitrogens with one attached hydrogen (secondary N) is 1. The quantitative estimate of drug-likeness (QED) is 0.638. The van der Waals surface area contributed by atoms with Gasteiger partial charge < -0.3 is 0 Å². The van der Waals surface area contributed by atoms with Crippen LogP contribution in [0.1, 0.15) is 60.6 Å². The first-order valence-corrected chi connectivity index (χ1v) is 9.99. The first-order chi connectivity index (χ1) is 12.6. The molecule has 1 amide bonds. The standard InChI is InChI=1S/C20H30N4O2/c1-3-16-9-18-15(8-14(10-21-18)20(25)22-26)11-24(16)12-19-13-4-6-17(7-5-13)23(19)2/h8,10,13,16-17,19,26H,3-7,9,11-12H2,1-2H3,(H,22,25)/t13?,16-,17?,19+/m1/s1. The molecule has 2 bridgehead atoms. The van der Waals surface area contributed by atoms with Gasteiger partial charge in [-0.1, -0.05) is 6.92 Å². The number of carbonyl (C=O) groups excluding carboxylic acids is 1. The van der Waals surface area contributed by atoms with Gasteiger partial charge in [0.05, 0.1) is 5.56 Å². The number of likely N-dealkylation sites (N-methyl/N-ethyl adjacent to an activating group) is 1. The minimum Gasteiger partial charge on any atom is -0.299 e. The Bertz CT molecular complexity index is 670. The largest absolute Gasteiger partial charge is 0.299 e. The number of amides is 1. The molecule has 5 rings (SSSR count). The smallest absolute Gasteiger partial charge is 0.276 e. The lowest BCUT2D eigenvalue weighted by Crippen LogP contribution is -2.58. The summed E-state index contributed by atoms with van der Waals surface area (Å²) in [6, 6.07) is 3.82. The van der Waals surface area contributed by atoms with Gasteiger partial charge in [-0.15, -0.1) is 0 Å². The lowest BCUT2D eigenvalue weighted by Gasteiger charge is -2.52. The fraction of sp³-hybridized carbons (Fsp3) is 0.700. The Morgan fingerprint density at radius 2 is 2.12 bits per heavy atom. The van der Waals surface area contributed by atoms with Crippen molar-refractivity contribution >= 4 is 5.91 Å². The maximum atomic E-state index is 11.7. The van der Waals surface area contributed by atoms with Crippen LogP contribution in [0.3, 0.4) is 0 Å². The van der Waals surface area contributed by atoms with Crippen molar-refractivity contribution in [2.24, 2.45) is 5.92 Å². The summed E-state index contributed by atoms with van der Waals surface area (Å²) in [5.74, 6) is 0.335. The summed E-state index contributed by atoms with van der Waals surface area (Å²) in [4.78, 5) is 21.5. The van der Waals surface area contributed by atoms with E-state index in [-0.39, 0.29) is 0 Å². The van der Waals surface area contributed by atoms with Crippen LogP contribution in [0.15, 0.2) is 12.3 Å². The van der Waals surface area contributed by atoms with E-state index in [9.17, 15) is 4.79 Å². The fourth-order valence-corrected chi connectivity index (χ4v) is 5.38. The van der Waals surface area contributed by atoms with Gasteiger partial charge in [-0.3, -0.25) is 24.8 Å². The summed E-state index contributed by atoms with van der Waals surface area (Å²) < 4.78 is 0. The number of piperidine rings is 2. The summed E-state index contributed by atoms with van der Waals surface area (Å²) in [5.41, 5.74) is 4.36. The molecular formula is C20H30N4O2. The van der Waals surface area contributed by atoms with Crippen molar-refractivity contribution in [3.8, 4) is 0 Å². The van der Waals surface area contributed by atoms with Gasteiger partial charge in [0.15, 0.2) is 0 Å². The molecule has 6 nitrogen and oxygen atoms in total. The van der Waals surface area contributed by atoms with Gasteiger partial charge in [0.1, 0.15) is 0 Å². The highest BCUT2D eigenvalue weighted by molar-refractivity contribution is 5.93. The van der Waals surface area contributed by atoms with Crippen LogP contribution in [0.25, 0.3) is 0 Å². The first-order valence-electron chi connectivity index (χ1n) is 9.99. The number of aromatic nitrogens is 1. The maximum Gasteiger partial charge on any atom is 0.276 e. The van der Waals surface area contributed by atoms with Crippen LogP contribution < -0.4 is 5.48 Å². The van der Waals surface area contributed by atoms with E-state index in [0.717, 1.165) is 49.1 Å². The third-order valence-corrected chi connectivity index (χ3v) is 7.02. The molecule has 142 valence electrons. The minimum atomic E-state index is -0.492. The van der Waals surface area contributed by atoms with Crippen molar-refractivity contribution in [2.75, 3.05) is 13.6 Å². The van der Waals surface area contributed by atoms with Crippen LogP contribution in [0.2, 0.25) is 0 Å². The van der Waals surface area contributed by atoms with Gasteiger partial charge in [-0.2, -0.15) is 0 Å². The second-order valence-corrected chi connectivity index (χ2v) is 8.27. The van der Waals surface area contributed by atoms with Gasteiger partial charge in [0.2, 0.25) is 0 Å². The number of pyridine rings is 1. The average Bonchev–Trinajstić information content (AvgIpc) is 2.69. The number of hydrogen-bond acceptors (Lipinski definition) is 5. The van der Waals surface area contributed by atoms with Gasteiger partial charge in [-0.05, 0) is 56.7 Å². The molecule has 6 heteroatoms. The molecule has 4 heterocycles. The van der Waals surface area contributed by atoms with Crippen LogP contribution in [0, 0.1) is 5.92 Å². The van der Waals surface area contributed by atoms with E-state index in [0.29, 0.717) is 17.6 Å². The summed E-state index contributed by atoms with van der Waals surface area (Å²) >= 11 is 0. The van der Waals surface area contributed by atoms with E-state index in [1.54, 1.807) is 11.7 Å². The molecule has 4 aliphatic rings. The molecule has 1 aliphatic carbocycles. The molecule has 2 atom stereocenters. The van der Waals surface area contributed by atoms with Crippen LogP contribution in [0.5, 0.6) is 0 Å². The molecule has 3 aliphatic heterocycles. The molecule has 0 radical (unpaired) electrons. The predicted molar refractivity (Wildman–Crippen MR) is 99.0 cm³/mol. The molecule has 2 N–H and O–H groups in total. The van der Waals surface area contributed by atoms with E-state index in [4.69, 9.17) is 5.21 Å². The summed E-state index contributed by atoms with van der Waals surface area (Å²) in [6.45, 7) is 4.20. The zero-order valence-electron chi connectivity index (χ0n) is 15.8. The molecule has 1 aromatic rings. The Kier molecular flexibility index (Phi) is 4.99. The van der Waals surface area contributed by atoms with Crippen LogP contribution in [-0.2, 0) is 13.0 Å². The number of hydroxylamine groups is 1. The number of rotatable bonds is 4. The zero-order valence-corrected chi connectivity index (χ0v) is 15.8. The van der Waals surface area contributed by atoms with E-state index < -0.39 is 5.91 Å². The molecule has 26 heavy (non-hydrogen) atoms. The number of fused-ring (bicyclic) bond motifs is 4. The lowest BCUT2D eigenvalue weighted by molar-refractivity contribution is -0.0198. The zero-order chi connectivity index (χ0) is 18.3. The van der Waals surface area contributed by atoms with E-state index in [2.05, 4.69) is 28.8 Å². The Labute approximate surface area is 155 Å². The van der Waals surface area contributed by atoms with Crippen LogP contribution >= 0.6 is 0 Å². The van der Waals surface area contributed by atoms with Crippen molar-refractivity contribution < 1.29 is 10.0 Å². The minimum absolute atomic E-state index is 0.426. The number of hydrogen-bond donors (Lipinski definition) is 2. The molecular weight excluding hydrogens is 328 g/mol. The second-order valence-electron chi connectivity index (χ2n) is 8.27. The Morgan fingerprint density at radius 3 is 2.77 bits per heavy atom. The van der Waals surface area contributed by atoms with E-state index >= 15 is 0 Å². The third kappa shape index (κ3) is 3.15. The SMILES string of the molecule is CC[C@@H]1Cc2ncc(C(=O)NO)cc2CN1C[C@H]1C2CCC(CC2)N1C. The van der Waals surface area contributed by atoms with Gasteiger partial charge in [0.25, 0.3) is 5.91 Å². The molecule has 1 aromatic heterocycles. The average molecular weight is 358 g/mol. The second kappa shape index (κ2) is 7.25. The van der Waals surface area contributed by atoms with Gasteiger partial charge >= 0.3 is 0 Å². The van der Waals surface area contributed by atoms with Crippen molar-refractivity contribution in [1.29, 1.82) is 0 Å². The van der Waals surface area contributed by atoms with Crippen molar-refractivity contribution in [3.05, 3.63) is 29.1 Å². The summed E-state index contributed by atoms with van der Waals surface area (Å²) in [6.07, 6.45) is 9.11. The molecule has 3 fully saturated rings. The topological polar surface area (TPSA) is 68.7 Å². The highest BCUT2D eigenvalue weighted by atomic mass is 16.5. The monoisotopic (exact) mass is 358 g/mol. The summed E-state index contributed by atoms with van der Waals surface area (Å²) in [7, 11) is 2.31. The van der Waals surface area contributed by atoms with E-state index in [1.807, 2.05) is 6.07 Å². The Hall–Kier alpha value is -1.50. The maximum absolute atomic E-state index is 11.7. The van der Waals surface area contributed by atoms with Crippen molar-refractivity contribution in [3.63, 3.8) is 0 Å². The number of carbonyl (C=O) groups is 1. The van der Waals surface area contributed by atoms with Crippen molar-refractivity contribution in [2.45, 2.75) is 70.1 Å². The Morgan fingerprint density at radius 1 is 1.35 bits per heavy atom. The van der Waals surface area contributed by atoms with Gasteiger partial charge in [-0.25, -0.2) is 5.48 Å². The number of nitrogens with zero attached hydrogens (tertiary/aromatic N) is 3. The highest BCUT2D eigenvalue weighted by Crippen LogP contribution is 2.39. The van der Waals surface area contributed by atoms with Crippen LogP contribution in [-0.4, -0.2) is 57.6 Å². The molecule has 1 saturated carbocycles. The summed E-state index contributed by atoms with van der Waals surface area (Å²) in [5, 5.41) is 8.89. The first kappa shape index (κ1) is 17.9. The third-order valence-electron chi connectivity index (χ3n) is 7.02. The molecule has 0 aromatic carbocycles. The fourth-order valence-electron chi connectivity index (χ4n) is 5.38. The molecule has 2 saturated heterocycles.